The van der Waals surface area contributed by atoms with Crippen LogP contribution < -0.4 is 5.48 Å². The van der Waals surface area contributed by atoms with Crippen molar-refractivity contribution in [2.24, 2.45) is 0 Å². The van der Waals surface area contributed by atoms with E-state index in [0.717, 1.165) is 44.5 Å². The van der Waals surface area contributed by atoms with E-state index in [2.05, 4.69) is 48.4 Å². The third-order valence-electron chi connectivity index (χ3n) is 4.73. The standard InChI is InChI=1S/C20H32N4O/c1-4-7-10-20-22-18-16-17(9-8-13-21-25)11-12-19(18)24(20)15-14-23(5-2)6-3/h8,11-13,16,21,25H,4-7,9-10,14-15H2,1-3H3/b13-8+. The van der Waals surface area contributed by atoms with Gasteiger partial charge in [0, 0.05) is 25.7 Å². The molecule has 25 heavy (non-hydrogen) atoms. The number of allylic oxidation sites excluding steroid dienone is 1. The maximum atomic E-state index is 8.63. The van der Waals surface area contributed by atoms with Gasteiger partial charge in [-0.15, -0.1) is 0 Å². The van der Waals surface area contributed by atoms with Crippen LogP contribution in [-0.4, -0.2) is 39.3 Å². The van der Waals surface area contributed by atoms with Gasteiger partial charge in [0.2, 0.25) is 0 Å². The fourth-order valence-electron chi connectivity index (χ4n) is 3.16. The van der Waals surface area contributed by atoms with Crippen molar-refractivity contribution < 1.29 is 5.21 Å². The molecule has 0 saturated heterocycles. The van der Waals surface area contributed by atoms with Gasteiger partial charge < -0.3 is 9.47 Å². The summed E-state index contributed by atoms with van der Waals surface area (Å²) in [5.74, 6) is 1.20. The predicted octanol–water partition coefficient (Wildman–Crippen LogP) is 3.76. The summed E-state index contributed by atoms with van der Waals surface area (Å²) in [5, 5.41) is 8.63. The van der Waals surface area contributed by atoms with Crippen molar-refractivity contribution >= 4 is 11.0 Å². The lowest BCUT2D eigenvalue weighted by atomic mass is 10.1. The summed E-state index contributed by atoms with van der Waals surface area (Å²) in [6.45, 7) is 10.9. The number of nitrogens with one attached hydrogen (secondary N) is 1. The maximum Gasteiger partial charge on any atom is 0.109 e. The van der Waals surface area contributed by atoms with E-state index >= 15 is 0 Å². The molecule has 0 aliphatic rings. The minimum Gasteiger partial charge on any atom is -0.327 e. The van der Waals surface area contributed by atoms with Gasteiger partial charge in [-0.1, -0.05) is 39.3 Å². The van der Waals surface area contributed by atoms with Gasteiger partial charge in [-0.05, 0) is 43.6 Å². The Morgan fingerprint density at radius 2 is 2.04 bits per heavy atom. The van der Waals surface area contributed by atoms with E-state index in [4.69, 9.17) is 10.2 Å². The molecule has 2 N–H and O–H groups in total. The van der Waals surface area contributed by atoms with Crippen molar-refractivity contribution in [1.29, 1.82) is 0 Å². The molecule has 0 amide bonds. The average Bonchev–Trinajstić information content (AvgIpc) is 2.98. The number of rotatable bonds is 11. The molecule has 138 valence electrons. The van der Waals surface area contributed by atoms with E-state index in [0.29, 0.717) is 0 Å². The molecule has 0 radical (unpaired) electrons. The van der Waals surface area contributed by atoms with E-state index in [1.54, 1.807) is 6.20 Å². The highest BCUT2D eigenvalue weighted by atomic mass is 16.5. The number of fused-ring (bicyclic) bond motifs is 1. The minimum absolute atomic E-state index is 0.778. The van der Waals surface area contributed by atoms with E-state index < -0.39 is 0 Å². The van der Waals surface area contributed by atoms with Crippen molar-refractivity contribution in [2.45, 2.75) is 53.0 Å². The lowest BCUT2D eigenvalue weighted by Gasteiger charge is -2.19. The molecule has 1 aromatic carbocycles. The Bertz CT molecular complexity index is 674. The molecule has 0 spiro atoms. The molecule has 0 aliphatic carbocycles. The van der Waals surface area contributed by atoms with Crippen LogP contribution in [0.2, 0.25) is 0 Å². The highest BCUT2D eigenvalue weighted by Crippen LogP contribution is 2.20. The van der Waals surface area contributed by atoms with Crippen LogP contribution in [-0.2, 0) is 19.4 Å². The highest BCUT2D eigenvalue weighted by molar-refractivity contribution is 5.77. The Morgan fingerprint density at radius 3 is 2.72 bits per heavy atom. The molecule has 2 aromatic rings. The van der Waals surface area contributed by atoms with Crippen molar-refractivity contribution in [1.82, 2.24) is 19.9 Å². The second kappa shape index (κ2) is 10.2. The summed E-state index contributed by atoms with van der Waals surface area (Å²) in [6.07, 6.45) is 7.61. The zero-order valence-corrected chi connectivity index (χ0v) is 15.8. The number of likely N-dealkylation sites (N-methyl/N-ethyl adjacent to an activating group) is 1. The topological polar surface area (TPSA) is 53.3 Å². The van der Waals surface area contributed by atoms with Gasteiger partial charge in [0.05, 0.1) is 11.0 Å². The second-order valence-electron chi connectivity index (χ2n) is 6.37. The van der Waals surface area contributed by atoms with Crippen LogP contribution in [0, 0.1) is 0 Å². The summed E-state index contributed by atoms with van der Waals surface area (Å²) < 4.78 is 2.40. The van der Waals surface area contributed by atoms with Gasteiger partial charge in [-0.3, -0.25) is 10.7 Å². The Hall–Kier alpha value is -1.85. The van der Waals surface area contributed by atoms with Gasteiger partial charge >= 0.3 is 0 Å². The molecule has 2 rings (SSSR count). The van der Waals surface area contributed by atoms with Crippen LogP contribution in [0.1, 0.15) is 45.0 Å². The summed E-state index contributed by atoms with van der Waals surface area (Å²) in [4.78, 5) is 7.38. The Balaban J connectivity index is 2.27. The predicted molar refractivity (Wildman–Crippen MR) is 104 cm³/mol. The van der Waals surface area contributed by atoms with Gasteiger partial charge in [-0.25, -0.2) is 4.98 Å². The van der Waals surface area contributed by atoms with Gasteiger partial charge in [0.1, 0.15) is 5.82 Å². The number of hydroxylamine groups is 1. The Kier molecular flexibility index (Phi) is 7.95. The Morgan fingerprint density at radius 1 is 1.24 bits per heavy atom. The lowest BCUT2D eigenvalue weighted by molar-refractivity contribution is 0.214. The minimum atomic E-state index is 0.778. The van der Waals surface area contributed by atoms with E-state index in [9.17, 15) is 0 Å². The quantitative estimate of drug-likeness (QED) is 0.610. The van der Waals surface area contributed by atoms with Crippen LogP contribution in [0.4, 0.5) is 0 Å². The van der Waals surface area contributed by atoms with E-state index in [-0.39, 0.29) is 0 Å². The molecule has 0 bridgehead atoms. The van der Waals surface area contributed by atoms with Crippen LogP contribution >= 0.6 is 0 Å². The van der Waals surface area contributed by atoms with Crippen molar-refractivity contribution in [3.63, 3.8) is 0 Å². The molecule has 0 unspecified atom stereocenters. The number of benzene rings is 1. The number of imidazole rings is 1. The second-order valence-corrected chi connectivity index (χ2v) is 6.37. The van der Waals surface area contributed by atoms with E-state index in [1.165, 1.54) is 29.7 Å². The molecule has 1 heterocycles. The molecule has 5 heteroatoms. The first-order chi connectivity index (χ1) is 12.2. The summed E-state index contributed by atoms with van der Waals surface area (Å²) in [5.41, 5.74) is 5.55. The van der Waals surface area contributed by atoms with Crippen LogP contribution in [0.25, 0.3) is 11.0 Å². The number of aryl methyl sites for hydroxylation is 1. The molecule has 1 aromatic heterocycles. The molecular formula is C20H32N4O. The molecule has 0 atom stereocenters. The first-order valence-electron chi connectivity index (χ1n) is 9.48. The SMILES string of the molecule is CCCCc1nc2cc(C/C=C/NO)ccc2n1CCN(CC)CC. The van der Waals surface area contributed by atoms with Crippen molar-refractivity contribution in [3.05, 3.63) is 41.9 Å². The summed E-state index contributed by atoms with van der Waals surface area (Å²) in [6, 6.07) is 6.51. The van der Waals surface area contributed by atoms with E-state index in [1.807, 2.05) is 11.6 Å². The molecular weight excluding hydrogens is 312 g/mol. The summed E-state index contributed by atoms with van der Waals surface area (Å²) in [7, 11) is 0. The number of aromatic nitrogens is 2. The number of unbranched alkanes of at least 4 members (excludes halogenated alkanes) is 1. The number of nitrogens with zero attached hydrogens (tertiary/aromatic N) is 3. The normalized spacial score (nSPS) is 11.9. The lowest BCUT2D eigenvalue weighted by Crippen LogP contribution is -2.27. The molecule has 0 aliphatic heterocycles. The average molecular weight is 345 g/mol. The highest BCUT2D eigenvalue weighted by Gasteiger charge is 2.12. The first kappa shape index (κ1) is 19.5. The zero-order chi connectivity index (χ0) is 18.1. The Labute approximate surface area is 151 Å². The number of hydrogen-bond acceptors (Lipinski definition) is 4. The van der Waals surface area contributed by atoms with Gasteiger partial charge in [0.25, 0.3) is 0 Å². The maximum absolute atomic E-state index is 8.63. The smallest absolute Gasteiger partial charge is 0.109 e. The first-order valence-corrected chi connectivity index (χ1v) is 9.48. The van der Waals surface area contributed by atoms with Crippen LogP contribution in [0.15, 0.2) is 30.5 Å². The molecule has 0 fully saturated rings. The van der Waals surface area contributed by atoms with Crippen LogP contribution in [0.3, 0.4) is 0 Å². The summed E-state index contributed by atoms with van der Waals surface area (Å²) >= 11 is 0. The molecule has 0 saturated carbocycles. The zero-order valence-electron chi connectivity index (χ0n) is 15.8. The third kappa shape index (κ3) is 5.31. The fourth-order valence-corrected chi connectivity index (χ4v) is 3.16. The third-order valence-corrected chi connectivity index (χ3v) is 4.73. The molecule has 5 nitrogen and oxygen atoms in total. The number of hydrogen-bond donors (Lipinski definition) is 2. The monoisotopic (exact) mass is 344 g/mol. The van der Waals surface area contributed by atoms with Crippen LogP contribution in [0.5, 0.6) is 0 Å². The van der Waals surface area contributed by atoms with Gasteiger partial charge in [0.15, 0.2) is 0 Å². The van der Waals surface area contributed by atoms with Gasteiger partial charge in [-0.2, -0.15) is 0 Å². The van der Waals surface area contributed by atoms with Crippen molar-refractivity contribution in [3.8, 4) is 0 Å². The van der Waals surface area contributed by atoms with Crippen molar-refractivity contribution in [2.75, 3.05) is 19.6 Å². The largest absolute Gasteiger partial charge is 0.327 e. The fraction of sp³-hybridized carbons (Fsp3) is 0.550.